The first-order valence-corrected chi connectivity index (χ1v) is 6.07. The smallest absolute Gasteiger partial charge is 0.311 e. The van der Waals surface area contributed by atoms with Gasteiger partial charge in [-0.2, -0.15) is 0 Å². The van der Waals surface area contributed by atoms with Crippen LogP contribution in [0, 0.1) is 17.0 Å². The summed E-state index contributed by atoms with van der Waals surface area (Å²) in [4.78, 5) is 14.4. The van der Waals surface area contributed by atoms with Crippen molar-refractivity contribution in [2.75, 3.05) is 25.1 Å². The molecule has 1 heterocycles. The number of pyridine rings is 1. The molecule has 0 aromatic carbocycles. The van der Waals surface area contributed by atoms with Crippen LogP contribution < -0.4 is 5.32 Å². The second-order valence-electron chi connectivity index (χ2n) is 4.03. The molecule has 18 heavy (non-hydrogen) atoms. The minimum atomic E-state index is -0.430. The third-order valence-electron chi connectivity index (χ3n) is 2.38. The van der Waals surface area contributed by atoms with Crippen LogP contribution in [0.2, 0.25) is 0 Å². The maximum absolute atomic E-state index is 10.8. The number of nitrogens with one attached hydrogen (secondary N) is 1. The lowest BCUT2D eigenvalue weighted by atomic mass is 10.3. The Balaban J connectivity index is 2.44. The van der Waals surface area contributed by atoms with Crippen molar-refractivity contribution in [1.29, 1.82) is 0 Å². The number of hydrogen-bond donors (Lipinski definition) is 1. The number of aromatic nitrogens is 1. The zero-order chi connectivity index (χ0) is 13.4. The van der Waals surface area contributed by atoms with Crippen molar-refractivity contribution < 1.29 is 9.66 Å². The van der Waals surface area contributed by atoms with Crippen LogP contribution >= 0.6 is 0 Å². The van der Waals surface area contributed by atoms with Crippen molar-refractivity contribution in [3.05, 3.63) is 27.9 Å². The number of nitrogens with zero attached hydrogens (tertiary/aromatic N) is 2. The molecule has 0 aliphatic rings. The van der Waals surface area contributed by atoms with Gasteiger partial charge < -0.3 is 10.1 Å². The van der Waals surface area contributed by atoms with Crippen molar-refractivity contribution in [3.8, 4) is 0 Å². The minimum absolute atomic E-state index is 0.00329. The number of anilines is 1. The number of rotatable bonds is 8. The summed E-state index contributed by atoms with van der Waals surface area (Å²) < 4.78 is 5.36. The van der Waals surface area contributed by atoms with Crippen molar-refractivity contribution in [1.82, 2.24) is 4.98 Å². The predicted octanol–water partition coefficient (Wildman–Crippen LogP) is 2.53. The quantitative estimate of drug-likeness (QED) is 0.437. The van der Waals surface area contributed by atoms with Crippen molar-refractivity contribution in [2.45, 2.75) is 26.7 Å². The van der Waals surface area contributed by atoms with Gasteiger partial charge in [0, 0.05) is 25.4 Å². The van der Waals surface area contributed by atoms with E-state index in [1.807, 2.05) is 0 Å². The Labute approximate surface area is 107 Å². The number of ether oxygens (including phenoxy) is 1. The fourth-order valence-electron chi connectivity index (χ4n) is 1.42. The maximum Gasteiger partial charge on any atom is 0.311 e. The molecule has 1 aromatic rings. The SMILES string of the molecule is CCCCOCCNc1ncc(C)cc1[N+](=O)[O-]. The lowest BCUT2D eigenvalue weighted by Gasteiger charge is -2.07. The van der Waals surface area contributed by atoms with Crippen LogP contribution in [0.5, 0.6) is 0 Å². The summed E-state index contributed by atoms with van der Waals surface area (Å²) in [5.41, 5.74) is 0.773. The molecule has 1 N–H and O–H groups in total. The molecule has 0 saturated carbocycles. The van der Waals surface area contributed by atoms with Gasteiger partial charge in [-0.1, -0.05) is 13.3 Å². The normalized spacial score (nSPS) is 10.3. The summed E-state index contributed by atoms with van der Waals surface area (Å²) in [7, 11) is 0. The molecule has 0 fully saturated rings. The van der Waals surface area contributed by atoms with E-state index in [-0.39, 0.29) is 5.69 Å². The van der Waals surface area contributed by atoms with Crippen molar-refractivity contribution in [3.63, 3.8) is 0 Å². The first-order valence-electron chi connectivity index (χ1n) is 6.07. The van der Waals surface area contributed by atoms with E-state index in [0.717, 1.165) is 25.0 Å². The molecule has 0 unspecified atom stereocenters. The molecule has 6 nitrogen and oxygen atoms in total. The van der Waals surface area contributed by atoms with Crippen molar-refractivity contribution >= 4 is 11.5 Å². The van der Waals surface area contributed by atoms with Gasteiger partial charge in [0.15, 0.2) is 0 Å². The van der Waals surface area contributed by atoms with E-state index in [1.54, 1.807) is 13.1 Å². The topological polar surface area (TPSA) is 77.3 Å². The van der Waals surface area contributed by atoms with Crippen LogP contribution in [0.3, 0.4) is 0 Å². The van der Waals surface area contributed by atoms with Gasteiger partial charge in [0.2, 0.25) is 5.82 Å². The Morgan fingerprint density at radius 3 is 2.94 bits per heavy atom. The molecule has 0 aliphatic heterocycles. The molecular weight excluding hydrogens is 234 g/mol. The Bertz CT molecular complexity index is 396. The molecule has 0 radical (unpaired) electrons. The minimum Gasteiger partial charge on any atom is -0.380 e. The second-order valence-corrected chi connectivity index (χ2v) is 4.03. The predicted molar refractivity (Wildman–Crippen MR) is 69.8 cm³/mol. The highest BCUT2D eigenvalue weighted by Crippen LogP contribution is 2.21. The van der Waals surface area contributed by atoms with Gasteiger partial charge in [-0.3, -0.25) is 10.1 Å². The first kappa shape index (κ1) is 14.4. The van der Waals surface area contributed by atoms with Gasteiger partial charge in [0.25, 0.3) is 0 Å². The standard InChI is InChI=1S/C12H19N3O3/c1-3-4-6-18-7-5-13-12-11(15(16)17)8-10(2)9-14-12/h8-9H,3-7H2,1-2H3,(H,13,14). The van der Waals surface area contributed by atoms with E-state index >= 15 is 0 Å². The monoisotopic (exact) mass is 253 g/mol. The van der Waals surface area contributed by atoms with E-state index in [9.17, 15) is 10.1 Å². The first-order chi connectivity index (χ1) is 8.65. The van der Waals surface area contributed by atoms with Crippen LogP contribution in [0.1, 0.15) is 25.3 Å². The van der Waals surface area contributed by atoms with Crippen LogP contribution in [-0.4, -0.2) is 29.7 Å². The average Bonchev–Trinajstić information content (AvgIpc) is 2.35. The summed E-state index contributed by atoms with van der Waals surface area (Å²) in [5.74, 6) is 0.296. The molecule has 1 rings (SSSR count). The Hall–Kier alpha value is -1.69. The van der Waals surface area contributed by atoms with Gasteiger partial charge in [-0.05, 0) is 18.9 Å². The maximum atomic E-state index is 10.8. The van der Waals surface area contributed by atoms with Crippen molar-refractivity contribution in [2.24, 2.45) is 0 Å². The van der Waals surface area contributed by atoms with Gasteiger partial charge >= 0.3 is 5.69 Å². The zero-order valence-corrected chi connectivity index (χ0v) is 10.8. The zero-order valence-electron chi connectivity index (χ0n) is 10.8. The summed E-state index contributed by atoms with van der Waals surface area (Å²) in [6.45, 7) is 5.63. The molecule has 0 spiro atoms. The van der Waals surface area contributed by atoms with Crippen LogP contribution in [0.4, 0.5) is 11.5 Å². The van der Waals surface area contributed by atoms with E-state index in [4.69, 9.17) is 4.74 Å². The fourth-order valence-corrected chi connectivity index (χ4v) is 1.42. The summed E-state index contributed by atoms with van der Waals surface area (Å²) in [6.07, 6.45) is 3.73. The Morgan fingerprint density at radius 1 is 1.50 bits per heavy atom. The Kier molecular flexibility index (Phi) is 6.07. The number of nitro groups is 1. The summed E-state index contributed by atoms with van der Waals surface area (Å²) >= 11 is 0. The van der Waals surface area contributed by atoms with E-state index in [1.165, 1.54) is 6.07 Å². The molecular formula is C12H19N3O3. The number of unbranched alkanes of at least 4 members (excludes halogenated alkanes) is 1. The van der Waals surface area contributed by atoms with Gasteiger partial charge in [-0.25, -0.2) is 4.98 Å². The van der Waals surface area contributed by atoms with E-state index in [0.29, 0.717) is 19.0 Å². The lowest BCUT2D eigenvalue weighted by Crippen LogP contribution is -2.12. The molecule has 0 aliphatic carbocycles. The largest absolute Gasteiger partial charge is 0.380 e. The van der Waals surface area contributed by atoms with Gasteiger partial charge in [0.1, 0.15) is 0 Å². The molecule has 0 bridgehead atoms. The molecule has 6 heteroatoms. The summed E-state index contributed by atoms with van der Waals surface area (Å²) in [5, 5.41) is 13.8. The molecule has 100 valence electrons. The third-order valence-corrected chi connectivity index (χ3v) is 2.38. The number of aryl methyl sites for hydroxylation is 1. The second kappa shape index (κ2) is 7.60. The van der Waals surface area contributed by atoms with E-state index in [2.05, 4.69) is 17.2 Å². The highest BCUT2D eigenvalue weighted by atomic mass is 16.6. The van der Waals surface area contributed by atoms with Gasteiger partial charge in [-0.15, -0.1) is 0 Å². The van der Waals surface area contributed by atoms with Crippen LogP contribution in [-0.2, 0) is 4.74 Å². The highest BCUT2D eigenvalue weighted by molar-refractivity contribution is 5.56. The highest BCUT2D eigenvalue weighted by Gasteiger charge is 2.14. The van der Waals surface area contributed by atoms with Crippen LogP contribution in [0.25, 0.3) is 0 Å². The molecule has 0 saturated heterocycles. The lowest BCUT2D eigenvalue weighted by molar-refractivity contribution is -0.384. The molecule has 0 amide bonds. The fraction of sp³-hybridized carbons (Fsp3) is 0.583. The van der Waals surface area contributed by atoms with Crippen LogP contribution in [0.15, 0.2) is 12.3 Å². The van der Waals surface area contributed by atoms with Gasteiger partial charge in [0.05, 0.1) is 11.5 Å². The summed E-state index contributed by atoms with van der Waals surface area (Å²) in [6, 6.07) is 1.51. The number of hydrogen-bond acceptors (Lipinski definition) is 5. The Morgan fingerprint density at radius 2 is 2.28 bits per heavy atom. The molecule has 1 aromatic heterocycles. The third kappa shape index (κ3) is 4.67. The average molecular weight is 253 g/mol. The molecule has 0 atom stereocenters. The van der Waals surface area contributed by atoms with E-state index < -0.39 is 4.92 Å².